The molecule has 1 aromatic heterocycles. The van der Waals surface area contributed by atoms with Crippen molar-refractivity contribution in [2.24, 2.45) is 0 Å². The first-order valence-electron chi connectivity index (χ1n) is 12.4. The molecule has 208 valence electrons. The standard InChI is InChI=1S/C31H24Cl2N2O5S/c1-41(38,39)26-4-2-3-23(15-26)21-9-12-25(13-10-21)40-19-30-34-29(27-14-11-24(32)16-28(27)33)18-35(30)17-20-5-7-22(8-6-20)31(36)37/h2-16,18H,17,19H2,1H3,(H,36,37). The number of aromatic carboxylic acids is 1. The number of benzene rings is 4. The average molecular weight is 608 g/mol. The summed E-state index contributed by atoms with van der Waals surface area (Å²) < 4.78 is 31.9. The molecule has 0 bridgehead atoms. The number of imidazole rings is 1. The fourth-order valence-electron chi connectivity index (χ4n) is 4.28. The predicted molar refractivity (Wildman–Crippen MR) is 160 cm³/mol. The molecule has 0 fully saturated rings. The summed E-state index contributed by atoms with van der Waals surface area (Å²) in [5.74, 6) is 0.264. The summed E-state index contributed by atoms with van der Waals surface area (Å²) in [5, 5.41) is 10.2. The molecule has 1 heterocycles. The van der Waals surface area contributed by atoms with Crippen LogP contribution >= 0.6 is 23.2 Å². The minimum absolute atomic E-state index is 0.154. The summed E-state index contributed by atoms with van der Waals surface area (Å²) in [6, 6.07) is 26.0. The summed E-state index contributed by atoms with van der Waals surface area (Å²) in [7, 11) is -3.31. The molecule has 0 saturated carbocycles. The number of aromatic nitrogens is 2. The van der Waals surface area contributed by atoms with Crippen LogP contribution in [0.15, 0.2) is 102 Å². The van der Waals surface area contributed by atoms with Gasteiger partial charge in [0, 0.05) is 29.6 Å². The van der Waals surface area contributed by atoms with Crippen LogP contribution < -0.4 is 4.74 Å². The minimum Gasteiger partial charge on any atom is -0.486 e. The lowest BCUT2D eigenvalue weighted by atomic mass is 10.1. The molecule has 5 rings (SSSR count). The first kappa shape index (κ1) is 28.4. The molecule has 0 aliphatic carbocycles. The van der Waals surface area contributed by atoms with Crippen molar-refractivity contribution in [3.63, 3.8) is 0 Å². The number of carboxylic acids is 1. The average Bonchev–Trinajstić information content (AvgIpc) is 3.34. The number of ether oxygens (including phenoxy) is 1. The fourth-order valence-corrected chi connectivity index (χ4v) is 5.45. The first-order chi connectivity index (χ1) is 19.6. The summed E-state index contributed by atoms with van der Waals surface area (Å²) in [4.78, 5) is 16.3. The van der Waals surface area contributed by atoms with E-state index < -0.39 is 15.8 Å². The quantitative estimate of drug-likeness (QED) is 0.190. The lowest BCUT2D eigenvalue weighted by molar-refractivity contribution is 0.0697. The van der Waals surface area contributed by atoms with Gasteiger partial charge in [0.15, 0.2) is 9.84 Å². The molecule has 10 heteroatoms. The van der Waals surface area contributed by atoms with E-state index in [-0.39, 0.29) is 17.1 Å². The van der Waals surface area contributed by atoms with Crippen LogP contribution in [0.3, 0.4) is 0 Å². The van der Waals surface area contributed by atoms with Gasteiger partial charge in [-0.1, -0.05) is 59.6 Å². The number of sulfone groups is 1. The van der Waals surface area contributed by atoms with E-state index in [1.807, 2.05) is 41.1 Å². The third-order valence-electron chi connectivity index (χ3n) is 6.44. The third-order valence-corrected chi connectivity index (χ3v) is 8.10. The first-order valence-corrected chi connectivity index (χ1v) is 15.1. The second-order valence-electron chi connectivity index (χ2n) is 9.41. The molecule has 0 aliphatic heterocycles. The molecule has 4 aromatic carbocycles. The van der Waals surface area contributed by atoms with Crippen LogP contribution in [0, 0.1) is 0 Å². The van der Waals surface area contributed by atoms with Gasteiger partial charge in [-0.05, 0) is 71.3 Å². The van der Waals surface area contributed by atoms with E-state index in [0.29, 0.717) is 33.9 Å². The molecule has 41 heavy (non-hydrogen) atoms. The molecular formula is C31H24Cl2N2O5S. The number of halogens is 2. The van der Waals surface area contributed by atoms with E-state index in [2.05, 4.69) is 0 Å². The van der Waals surface area contributed by atoms with Crippen molar-refractivity contribution in [1.82, 2.24) is 9.55 Å². The normalized spacial score (nSPS) is 11.4. The van der Waals surface area contributed by atoms with Gasteiger partial charge < -0.3 is 14.4 Å². The van der Waals surface area contributed by atoms with Crippen LogP contribution in [0.1, 0.15) is 21.7 Å². The molecule has 0 amide bonds. The van der Waals surface area contributed by atoms with Gasteiger partial charge in [-0.2, -0.15) is 0 Å². The van der Waals surface area contributed by atoms with Gasteiger partial charge in [-0.15, -0.1) is 0 Å². The van der Waals surface area contributed by atoms with Crippen molar-refractivity contribution in [2.45, 2.75) is 18.0 Å². The zero-order valence-electron chi connectivity index (χ0n) is 21.8. The van der Waals surface area contributed by atoms with Crippen LogP contribution in [-0.4, -0.2) is 35.3 Å². The SMILES string of the molecule is CS(=O)(=O)c1cccc(-c2ccc(OCc3nc(-c4ccc(Cl)cc4Cl)cn3Cc3ccc(C(=O)O)cc3)cc2)c1. The van der Waals surface area contributed by atoms with Gasteiger partial charge in [0.1, 0.15) is 18.2 Å². The van der Waals surface area contributed by atoms with Crippen LogP contribution in [-0.2, 0) is 23.0 Å². The molecule has 5 aromatic rings. The van der Waals surface area contributed by atoms with E-state index in [1.54, 1.807) is 60.7 Å². The van der Waals surface area contributed by atoms with Gasteiger partial charge in [0.25, 0.3) is 0 Å². The van der Waals surface area contributed by atoms with E-state index in [9.17, 15) is 18.3 Å². The maximum Gasteiger partial charge on any atom is 0.335 e. The molecule has 0 saturated heterocycles. The van der Waals surface area contributed by atoms with Gasteiger partial charge in [-0.3, -0.25) is 0 Å². The van der Waals surface area contributed by atoms with E-state index in [0.717, 1.165) is 22.3 Å². The Balaban J connectivity index is 1.39. The van der Waals surface area contributed by atoms with E-state index in [1.165, 1.54) is 6.26 Å². The Bertz CT molecular complexity index is 1830. The lowest BCUT2D eigenvalue weighted by Crippen LogP contribution is -2.08. The van der Waals surface area contributed by atoms with Crippen molar-refractivity contribution < 1.29 is 23.1 Å². The third kappa shape index (κ3) is 6.79. The van der Waals surface area contributed by atoms with Gasteiger partial charge in [-0.25, -0.2) is 18.2 Å². The number of nitrogens with zero attached hydrogens (tertiary/aromatic N) is 2. The Kier molecular flexibility index (Phi) is 8.17. The molecule has 0 atom stereocenters. The van der Waals surface area contributed by atoms with Gasteiger partial charge in [0.05, 0.1) is 21.2 Å². The zero-order valence-corrected chi connectivity index (χ0v) is 24.1. The van der Waals surface area contributed by atoms with Gasteiger partial charge >= 0.3 is 5.97 Å². The Hall–Kier alpha value is -4.11. The molecule has 7 nitrogen and oxygen atoms in total. The Labute approximate surface area is 247 Å². The van der Waals surface area contributed by atoms with Crippen LogP contribution in [0.5, 0.6) is 5.75 Å². The van der Waals surface area contributed by atoms with Crippen molar-refractivity contribution in [3.05, 3.63) is 124 Å². The molecule has 1 N–H and O–H groups in total. The second kappa shape index (κ2) is 11.8. The maximum atomic E-state index is 11.9. The largest absolute Gasteiger partial charge is 0.486 e. The summed E-state index contributed by atoms with van der Waals surface area (Å²) in [6.07, 6.45) is 3.06. The topological polar surface area (TPSA) is 98.5 Å². The minimum atomic E-state index is -3.31. The van der Waals surface area contributed by atoms with E-state index >= 15 is 0 Å². The molecule has 0 unspecified atom stereocenters. The number of hydrogen-bond donors (Lipinski definition) is 1. The maximum absolute atomic E-state index is 11.9. The Morgan fingerprint density at radius 3 is 2.32 bits per heavy atom. The predicted octanol–water partition coefficient (Wildman–Crippen LogP) is 7.25. The highest BCUT2D eigenvalue weighted by atomic mass is 35.5. The Morgan fingerprint density at radius 1 is 0.927 bits per heavy atom. The Morgan fingerprint density at radius 2 is 1.66 bits per heavy atom. The smallest absolute Gasteiger partial charge is 0.335 e. The van der Waals surface area contributed by atoms with E-state index in [4.69, 9.17) is 32.9 Å². The second-order valence-corrected chi connectivity index (χ2v) is 12.3. The number of hydrogen-bond acceptors (Lipinski definition) is 5. The summed E-state index contributed by atoms with van der Waals surface area (Å²) in [6.45, 7) is 0.591. The monoisotopic (exact) mass is 606 g/mol. The molecule has 0 radical (unpaired) electrons. The molecule has 0 spiro atoms. The number of rotatable bonds is 9. The molecule has 0 aliphatic rings. The van der Waals surface area contributed by atoms with Crippen molar-refractivity contribution in [3.8, 4) is 28.1 Å². The lowest BCUT2D eigenvalue weighted by Gasteiger charge is -2.11. The van der Waals surface area contributed by atoms with Crippen LogP contribution in [0.25, 0.3) is 22.4 Å². The fraction of sp³-hybridized carbons (Fsp3) is 0.0968. The van der Waals surface area contributed by atoms with Crippen molar-refractivity contribution in [2.75, 3.05) is 6.26 Å². The summed E-state index contributed by atoms with van der Waals surface area (Å²) >= 11 is 12.5. The van der Waals surface area contributed by atoms with Crippen LogP contribution in [0.2, 0.25) is 10.0 Å². The van der Waals surface area contributed by atoms with Crippen molar-refractivity contribution in [1.29, 1.82) is 0 Å². The zero-order chi connectivity index (χ0) is 29.1. The highest BCUT2D eigenvalue weighted by Gasteiger charge is 2.15. The highest BCUT2D eigenvalue weighted by molar-refractivity contribution is 7.90. The van der Waals surface area contributed by atoms with Crippen LogP contribution in [0.4, 0.5) is 0 Å². The van der Waals surface area contributed by atoms with Crippen molar-refractivity contribution >= 4 is 39.0 Å². The highest BCUT2D eigenvalue weighted by Crippen LogP contribution is 2.31. The van der Waals surface area contributed by atoms with Gasteiger partial charge in [0.2, 0.25) is 0 Å². The number of carboxylic acid groups (broad SMARTS) is 1. The molecular weight excluding hydrogens is 583 g/mol. The number of carbonyl (C=O) groups is 1. The summed E-state index contributed by atoms with van der Waals surface area (Å²) in [5.41, 5.74) is 4.11.